The number of amides is 2. The smallest absolute Gasteiger partial charge is 0.254 e. The molecule has 0 radical (unpaired) electrons. The zero-order valence-electron chi connectivity index (χ0n) is 22.2. The summed E-state index contributed by atoms with van der Waals surface area (Å²) >= 11 is 0. The Morgan fingerprint density at radius 2 is 1.45 bits per heavy atom. The van der Waals surface area contributed by atoms with Gasteiger partial charge in [0.25, 0.3) is 5.91 Å². The van der Waals surface area contributed by atoms with Crippen molar-refractivity contribution in [1.82, 2.24) is 9.80 Å². The molecule has 3 aromatic carbocycles. The summed E-state index contributed by atoms with van der Waals surface area (Å²) in [7, 11) is 6.60. The van der Waals surface area contributed by atoms with Gasteiger partial charge in [0.2, 0.25) is 5.91 Å². The van der Waals surface area contributed by atoms with E-state index in [1.54, 1.807) is 39.3 Å². The number of nitrogens with zero attached hydrogens (tertiary/aromatic N) is 3. The number of hydrogen-bond acceptors (Lipinski definition) is 6. The SMILES string of the molecule is COc1ccc([C@H]2[C@@H](C(=O)N3CCN(c4ccccc4OC)CC3)c3ccccc3C(=O)N2C)cc1OC. The number of methoxy groups -OCH3 is 3. The lowest BCUT2D eigenvalue weighted by molar-refractivity contribution is -0.134. The number of benzene rings is 3. The highest BCUT2D eigenvalue weighted by molar-refractivity contribution is 6.01. The van der Waals surface area contributed by atoms with E-state index in [4.69, 9.17) is 14.2 Å². The first-order valence-electron chi connectivity index (χ1n) is 12.7. The summed E-state index contributed by atoms with van der Waals surface area (Å²) in [4.78, 5) is 33.5. The summed E-state index contributed by atoms with van der Waals surface area (Å²) in [5.74, 6) is 1.33. The molecule has 5 rings (SSSR count). The Morgan fingerprint density at radius 1 is 0.789 bits per heavy atom. The molecule has 0 saturated carbocycles. The van der Waals surface area contributed by atoms with Gasteiger partial charge in [-0.05, 0) is 41.5 Å². The largest absolute Gasteiger partial charge is 0.495 e. The van der Waals surface area contributed by atoms with Gasteiger partial charge in [0.15, 0.2) is 11.5 Å². The lowest BCUT2D eigenvalue weighted by Crippen LogP contribution is -2.53. The summed E-state index contributed by atoms with van der Waals surface area (Å²) in [6, 6.07) is 20.5. The molecule has 38 heavy (non-hydrogen) atoms. The second-order valence-corrected chi connectivity index (χ2v) is 9.52. The topological polar surface area (TPSA) is 71.6 Å². The highest BCUT2D eigenvalue weighted by Gasteiger charge is 2.44. The van der Waals surface area contributed by atoms with Crippen LogP contribution in [0.2, 0.25) is 0 Å². The van der Waals surface area contributed by atoms with Crippen LogP contribution in [-0.4, -0.2) is 76.2 Å². The first kappa shape index (κ1) is 25.4. The number of rotatable bonds is 6. The normalized spacial score (nSPS) is 19.2. The monoisotopic (exact) mass is 515 g/mol. The minimum Gasteiger partial charge on any atom is -0.495 e. The Labute approximate surface area is 223 Å². The van der Waals surface area contributed by atoms with Crippen molar-refractivity contribution in [2.45, 2.75) is 12.0 Å². The third-order valence-electron chi connectivity index (χ3n) is 7.61. The van der Waals surface area contributed by atoms with Crippen molar-refractivity contribution in [2.24, 2.45) is 0 Å². The first-order chi connectivity index (χ1) is 18.5. The van der Waals surface area contributed by atoms with Crippen LogP contribution in [0.3, 0.4) is 0 Å². The molecule has 8 nitrogen and oxygen atoms in total. The lowest BCUT2D eigenvalue weighted by atomic mass is 9.79. The molecule has 0 spiro atoms. The fourth-order valence-corrected chi connectivity index (χ4v) is 5.65. The molecular formula is C30H33N3O5. The van der Waals surface area contributed by atoms with Crippen LogP contribution in [0.1, 0.15) is 33.4 Å². The van der Waals surface area contributed by atoms with Gasteiger partial charge in [0.05, 0.1) is 39.0 Å². The quantitative estimate of drug-likeness (QED) is 0.495. The summed E-state index contributed by atoms with van der Waals surface area (Å²) in [5, 5.41) is 0. The summed E-state index contributed by atoms with van der Waals surface area (Å²) < 4.78 is 16.5. The number of piperazine rings is 1. The van der Waals surface area contributed by atoms with E-state index in [0.29, 0.717) is 43.2 Å². The van der Waals surface area contributed by atoms with Crippen LogP contribution in [0.4, 0.5) is 5.69 Å². The molecule has 2 atom stereocenters. The van der Waals surface area contributed by atoms with E-state index in [2.05, 4.69) is 4.90 Å². The number of fused-ring (bicyclic) bond motifs is 1. The number of carbonyl (C=O) groups is 2. The summed E-state index contributed by atoms with van der Waals surface area (Å²) in [5.41, 5.74) is 3.17. The number of carbonyl (C=O) groups excluding carboxylic acids is 2. The fourth-order valence-electron chi connectivity index (χ4n) is 5.65. The van der Waals surface area contributed by atoms with Gasteiger partial charge in [-0.25, -0.2) is 0 Å². The molecule has 2 heterocycles. The second kappa shape index (κ2) is 10.7. The predicted octanol–water partition coefficient (Wildman–Crippen LogP) is 3.97. The van der Waals surface area contributed by atoms with E-state index >= 15 is 0 Å². The van der Waals surface area contributed by atoms with Crippen LogP contribution in [-0.2, 0) is 4.79 Å². The van der Waals surface area contributed by atoms with Crippen molar-refractivity contribution in [3.63, 3.8) is 0 Å². The van der Waals surface area contributed by atoms with Crippen molar-refractivity contribution in [2.75, 3.05) is 59.5 Å². The molecule has 0 aliphatic carbocycles. The minimum absolute atomic E-state index is 0.0104. The maximum atomic E-state index is 14.3. The fraction of sp³-hybridized carbons (Fsp3) is 0.333. The van der Waals surface area contributed by atoms with E-state index in [-0.39, 0.29) is 11.8 Å². The number of likely N-dealkylation sites (N-methyl/N-ethyl adjacent to an activating group) is 1. The molecule has 0 aromatic heterocycles. The van der Waals surface area contributed by atoms with Crippen molar-refractivity contribution in [1.29, 1.82) is 0 Å². The van der Waals surface area contributed by atoms with E-state index < -0.39 is 12.0 Å². The molecule has 2 aliphatic rings. The van der Waals surface area contributed by atoms with E-state index in [0.717, 1.165) is 22.6 Å². The van der Waals surface area contributed by atoms with Crippen molar-refractivity contribution in [3.8, 4) is 17.2 Å². The molecule has 2 amide bonds. The van der Waals surface area contributed by atoms with Crippen LogP contribution < -0.4 is 19.1 Å². The van der Waals surface area contributed by atoms with E-state index in [1.807, 2.05) is 65.6 Å². The molecule has 198 valence electrons. The molecule has 8 heteroatoms. The zero-order valence-corrected chi connectivity index (χ0v) is 22.2. The molecular weight excluding hydrogens is 482 g/mol. The third-order valence-corrected chi connectivity index (χ3v) is 7.61. The van der Waals surface area contributed by atoms with E-state index in [1.165, 1.54) is 0 Å². The molecule has 1 saturated heterocycles. The average molecular weight is 516 g/mol. The van der Waals surface area contributed by atoms with Crippen molar-refractivity contribution in [3.05, 3.63) is 83.4 Å². The Balaban J connectivity index is 1.48. The van der Waals surface area contributed by atoms with Crippen molar-refractivity contribution >= 4 is 17.5 Å². The Kier molecular flexibility index (Phi) is 7.13. The maximum absolute atomic E-state index is 14.3. The molecule has 0 N–H and O–H groups in total. The van der Waals surface area contributed by atoms with Crippen LogP contribution in [0.25, 0.3) is 0 Å². The highest BCUT2D eigenvalue weighted by atomic mass is 16.5. The van der Waals surface area contributed by atoms with Crippen LogP contribution in [0.5, 0.6) is 17.2 Å². The van der Waals surface area contributed by atoms with Gasteiger partial charge in [0.1, 0.15) is 5.75 Å². The maximum Gasteiger partial charge on any atom is 0.254 e. The number of ether oxygens (including phenoxy) is 3. The van der Waals surface area contributed by atoms with Gasteiger partial charge in [0, 0.05) is 38.8 Å². The Morgan fingerprint density at radius 3 is 2.16 bits per heavy atom. The number of anilines is 1. The minimum atomic E-state index is -0.551. The van der Waals surface area contributed by atoms with Crippen molar-refractivity contribution < 1.29 is 23.8 Å². The first-order valence-corrected chi connectivity index (χ1v) is 12.7. The second-order valence-electron chi connectivity index (χ2n) is 9.52. The zero-order chi connectivity index (χ0) is 26.8. The third kappa shape index (κ3) is 4.40. The van der Waals surface area contributed by atoms with Gasteiger partial charge in [-0.15, -0.1) is 0 Å². The number of hydrogen-bond donors (Lipinski definition) is 0. The van der Waals surface area contributed by atoms with E-state index in [9.17, 15) is 9.59 Å². The van der Waals surface area contributed by atoms with Gasteiger partial charge in [-0.1, -0.05) is 36.4 Å². The van der Waals surface area contributed by atoms with Crippen LogP contribution in [0, 0.1) is 0 Å². The Bertz CT molecular complexity index is 1330. The number of para-hydroxylation sites is 2. The summed E-state index contributed by atoms with van der Waals surface area (Å²) in [6.45, 7) is 2.53. The average Bonchev–Trinajstić information content (AvgIpc) is 2.98. The standard InChI is InChI=1S/C30H33N3O5/c1-31-28(20-13-14-25(37-3)26(19-20)38-4)27(21-9-5-6-10-22(21)29(31)34)30(35)33-17-15-32(16-18-33)23-11-7-8-12-24(23)36-2/h5-14,19,27-28H,15-18H2,1-4H3/t27-,28-/m0/s1. The molecule has 1 fully saturated rings. The molecule has 3 aromatic rings. The van der Waals surface area contributed by atoms with Gasteiger partial charge in [-0.2, -0.15) is 0 Å². The molecule has 0 unspecified atom stereocenters. The van der Waals surface area contributed by atoms with Gasteiger partial charge < -0.3 is 28.9 Å². The summed E-state index contributed by atoms with van der Waals surface area (Å²) in [6.07, 6.45) is 0. The van der Waals surface area contributed by atoms with Crippen LogP contribution in [0.15, 0.2) is 66.7 Å². The Hall–Kier alpha value is -4.20. The lowest BCUT2D eigenvalue weighted by Gasteiger charge is -2.43. The highest BCUT2D eigenvalue weighted by Crippen LogP contribution is 2.45. The molecule has 2 aliphatic heterocycles. The molecule has 0 bridgehead atoms. The van der Waals surface area contributed by atoms with Gasteiger partial charge in [-0.3, -0.25) is 9.59 Å². The van der Waals surface area contributed by atoms with Crippen LogP contribution >= 0.6 is 0 Å². The predicted molar refractivity (Wildman–Crippen MR) is 145 cm³/mol. The van der Waals surface area contributed by atoms with Gasteiger partial charge >= 0.3 is 0 Å².